The Labute approximate surface area is 134 Å². The third kappa shape index (κ3) is 3.00. The van der Waals surface area contributed by atoms with E-state index in [9.17, 15) is 9.59 Å². The summed E-state index contributed by atoms with van der Waals surface area (Å²) in [6, 6.07) is 5.80. The van der Waals surface area contributed by atoms with Gasteiger partial charge in [-0.15, -0.1) is 18.3 Å². The van der Waals surface area contributed by atoms with Crippen LogP contribution < -0.4 is 0 Å². The van der Waals surface area contributed by atoms with Crippen LogP contribution in [0, 0.1) is 13.8 Å². The summed E-state index contributed by atoms with van der Waals surface area (Å²) in [6.45, 7) is 7.65. The van der Waals surface area contributed by atoms with Crippen molar-refractivity contribution in [1.82, 2.24) is 4.90 Å². The number of nitrogens with zero attached hydrogens (tertiary/aromatic N) is 1. The molecular weight excluding hydrogens is 298 g/mol. The molecule has 1 aliphatic heterocycles. The van der Waals surface area contributed by atoms with Crippen LogP contribution >= 0.6 is 11.8 Å². The molecule has 0 saturated heterocycles. The van der Waals surface area contributed by atoms with E-state index in [4.69, 9.17) is 5.11 Å². The summed E-state index contributed by atoms with van der Waals surface area (Å²) in [7, 11) is 0. The average Bonchev–Trinajstić information content (AvgIpc) is 2.70. The Kier molecular flexibility index (Phi) is 5.21. The minimum atomic E-state index is -0.307. The quantitative estimate of drug-likeness (QED) is 0.646. The second-order valence-electron chi connectivity index (χ2n) is 5.10. The summed E-state index contributed by atoms with van der Waals surface area (Å²) < 4.78 is 0. The van der Waals surface area contributed by atoms with E-state index in [1.807, 2.05) is 32.0 Å². The van der Waals surface area contributed by atoms with Crippen LogP contribution in [-0.4, -0.2) is 40.7 Å². The standard InChI is InChI=1S/C17H19NO3S/c1-4-7-18-16(20)14(15(17(18)21)22-9-8-19)13-6-5-11(2)10-12(13)3/h4-6,10,19H,1,7-9H2,2-3H3. The van der Waals surface area contributed by atoms with Gasteiger partial charge in [0, 0.05) is 12.3 Å². The Morgan fingerprint density at radius 3 is 2.59 bits per heavy atom. The molecule has 4 nitrogen and oxygen atoms in total. The Bertz CT molecular complexity index is 664. The van der Waals surface area contributed by atoms with Crippen LogP contribution in [0.15, 0.2) is 35.8 Å². The molecule has 0 bridgehead atoms. The first kappa shape index (κ1) is 16.5. The van der Waals surface area contributed by atoms with Gasteiger partial charge in [0.1, 0.15) is 0 Å². The maximum Gasteiger partial charge on any atom is 0.268 e. The summed E-state index contributed by atoms with van der Waals surface area (Å²) in [5, 5.41) is 9.03. The van der Waals surface area contributed by atoms with Crippen LogP contribution in [0.4, 0.5) is 0 Å². The number of carbonyl (C=O) groups excluding carboxylic acids is 2. The van der Waals surface area contributed by atoms with Crippen LogP contribution in [0.1, 0.15) is 16.7 Å². The van der Waals surface area contributed by atoms with Crippen molar-refractivity contribution in [1.29, 1.82) is 0 Å². The summed E-state index contributed by atoms with van der Waals surface area (Å²) in [6.07, 6.45) is 1.54. The molecule has 0 spiro atoms. The Balaban J connectivity index is 2.54. The fourth-order valence-electron chi connectivity index (χ4n) is 2.46. The number of rotatable bonds is 6. The zero-order valence-electron chi connectivity index (χ0n) is 12.8. The van der Waals surface area contributed by atoms with Crippen molar-refractivity contribution in [3.8, 4) is 0 Å². The van der Waals surface area contributed by atoms with Crippen LogP contribution in [0.5, 0.6) is 0 Å². The molecule has 1 aromatic carbocycles. The molecule has 0 fully saturated rings. The highest BCUT2D eigenvalue weighted by molar-refractivity contribution is 8.04. The van der Waals surface area contributed by atoms with Gasteiger partial charge in [0.2, 0.25) is 0 Å². The van der Waals surface area contributed by atoms with E-state index in [-0.39, 0.29) is 25.0 Å². The molecule has 1 aliphatic rings. The van der Waals surface area contributed by atoms with Gasteiger partial charge in [0.15, 0.2) is 0 Å². The first-order valence-electron chi connectivity index (χ1n) is 7.04. The van der Waals surface area contributed by atoms with Crippen LogP contribution in [0.2, 0.25) is 0 Å². The lowest BCUT2D eigenvalue weighted by Gasteiger charge is -2.12. The lowest BCUT2D eigenvalue weighted by molar-refractivity contribution is -0.135. The van der Waals surface area contributed by atoms with E-state index < -0.39 is 0 Å². The van der Waals surface area contributed by atoms with Crippen molar-refractivity contribution in [2.45, 2.75) is 13.8 Å². The predicted molar refractivity (Wildman–Crippen MR) is 89.3 cm³/mol. The molecule has 22 heavy (non-hydrogen) atoms. The predicted octanol–water partition coefficient (Wildman–Crippen LogP) is 2.29. The van der Waals surface area contributed by atoms with Gasteiger partial charge in [-0.05, 0) is 25.0 Å². The number of aryl methyl sites for hydroxylation is 2. The van der Waals surface area contributed by atoms with Crippen molar-refractivity contribution in [3.05, 3.63) is 52.4 Å². The molecule has 116 valence electrons. The van der Waals surface area contributed by atoms with Gasteiger partial charge in [0.05, 0.1) is 17.1 Å². The molecule has 2 rings (SSSR count). The molecule has 1 aromatic rings. The van der Waals surface area contributed by atoms with E-state index in [1.165, 1.54) is 22.7 Å². The highest BCUT2D eigenvalue weighted by Gasteiger charge is 2.38. The molecule has 0 aromatic heterocycles. The van der Waals surface area contributed by atoms with Gasteiger partial charge in [-0.2, -0.15) is 0 Å². The van der Waals surface area contributed by atoms with E-state index >= 15 is 0 Å². The third-order valence-electron chi connectivity index (χ3n) is 3.43. The maximum absolute atomic E-state index is 12.6. The number of aliphatic hydroxyl groups excluding tert-OH is 1. The number of hydrogen-bond donors (Lipinski definition) is 1. The van der Waals surface area contributed by atoms with Crippen molar-refractivity contribution >= 4 is 29.1 Å². The number of imide groups is 1. The number of thioether (sulfide) groups is 1. The van der Waals surface area contributed by atoms with Gasteiger partial charge in [-0.25, -0.2) is 0 Å². The molecule has 0 atom stereocenters. The minimum absolute atomic E-state index is 0.0444. The Morgan fingerprint density at radius 1 is 1.27 bits per heavy atom. The molecule has 0 aliphatic carbocycles. The molecule has 1 N–H and O–H groups in total. The second-order valence-corrected chi connectivity index (χ2v) is 6.21. The van der Waals surface area contributed by atoms with Crippen molar-refractivity contribution < 1.29 is 14.7 Å². The van der Waals surface area contributed by atoms with E-state index in [0.717, 1.165) is 16.7 Å². The highest BCUT2D eigenvalue weighted by Crippen LogP contribution is 2.37. The van der Waals surface area contributed by atoms with Gasteiger partial charge >= 0.3 is 0 Å². The SMILES string of the molecule is C=CCN1C(=O)C(SCCO)=C(c2ccc(C)cc2C)C1=O. The molecule has 0 radical (unpaired) electrons. The smallest absolute Gasteiger partial charge is 0.268 e. The fraction of sp³-hybridized carbons (Fsp3) is 0.294. The van der Waals surface area contributed by atoms with Crippen LogP contribution in [-0.2, 0) is 9.59 Å². The Hall–Kier alpha value is -1.85. The lowest BCUT2D eigenvalue weighted by atomic mass is 9.99. The monoisotopic (exact) mass is 317 g/mol. The highest BCUT2D eigenvalue weighted by atomic mass is 32.2. The fourth-order valence-corrected chi connectivity index (χ4v) is 3.33. The number of carbonyl (C=O) groups is 2. The largest absolute Gasteiger partial charge is 0.396 e. The van der Waals surface area contributed by atoms with Gasteiger partial charge < -0.3 is 5.11 Å². The first-order chi connectivity index (χ1) is 10.5. The molecule has 2 amide bonds. The third-order valence-corrected chi connectivity index (χ3v) is 4.48. The molecular formula is C17H19NO3S. The number of benzene rings is 1. The normalized spacial score (nSPS) is 15.0. The first-order valence-corrected chi connectivity index (χ1v) is 8.02. The summed E-state index contributed by atoms with van der Waals surface area (Å²) >= 11 is 1.22. The van der Waals surface area contributed by atoms with Gasteiger partial charge in [-0.3, -0.25) is 14.5 Å². The molecule has 0 unspecified atom stereocenters. The number of hydrogen-bond acceptors (Lipinski definition) is 4. The zero-order valence-corrected chi connectivity index (χ0v) is 13.6. The van der Waals surface area contributed by atoms with Crippen molar-refractivity contribution in [2.75, 3.05) is 18.9 Å². The maximum atomic E-state index is 12.6. The van der Waals surface area contributed by atoms with E-state index in [2.05, 4.69) is 6.58 Å². The minimum Gasteiger partial charge on any atom is -0.396 e. The van der Waals surface area contributed by atoms with Crippen LogP contribution in [0.3, 0.4) is 0 Å². The van der Waals surface area contributed by atoms with E-state index in [0.29, 0.717) is 16.2 Å². The van der Waals surface area contributed by atoms with Crippen molar-refractivity contribution in [2.24, 2.45) is 0 Å². The summed E-state index contributed by atoms with van der Waals surface area (Å²) in [5.74, 6) is -0.222. The van der Waals surface area contributed by atoms with Gasteiger partial charge in [-0.1, -0.05) is 29.8 Å². The number of aliphatic hydroxyl groups is 1. The van der Waals surface area contributed by atoms with Gasteiger partial charge in [0.25, 0.3) is 11.8 Å². The number of amides is 2. The average molecular weight is 317 g/mol. The molecule has 0 saturated carbocycles. The second kappa shape index (κ2) is 6.94. The zero-order chi connectivity index (χ0) is 16.3. The topological polar surface area (TPSA) is 57.6 Å². The molecule has 5 heteroatoms. The summed E-state index contributed by atoms with van der Waals surface area (Å²) in [5.41, 5.74) is 3.27. The van der Waals surface area contributed by atoms with Crippen molar-refractivity contribution in [3.63, 3.8) is 0 Å². The lowest BCUT2D eigenvalue weighted by Crippen LogP contribution is -2.31. The summed E-state index contributed by atoms with van der Waals surface area (Å²) in [4.78, 5) is 26.7. The Morgan fingerprint density at radius 2 is 2.00 bits per heavy atom. The molecule has 1 heterocycles. The van der Waals surface area contributed by atoms with E-state index in [1.54, 1.807) is 0 Å². The van der Waals surface area contributed by atoms with Crippen LogP contribution in [0.25, 0.3) is 5.57 Å².